The summed E-state index contributed by atoms with van der Waals surface area (Å²) in [6, 6.07) is 9.98. The van der Waals surface area contributed by atoms with Crippen LogP contribution in [0.3, 0.4) is 0 Å². The molecule has 1 aliphatic heterocycles. The van der Waals surface area contributed by atoms with Gasteiger partial charge in [-0.25, -0.2) is 13.2 Å². The molecule has 1 aromatic rings. The topological polar surface area (TPSA) is 75.3 Å². The van der Waals surface area contributed by atoms with Crippen LogP contribution < -0.4 is 10.6 Å². The summed E-state index contributed by atoms with van der Waals surface area (Å²) in [7, 11) is -2.98. The number of benzene rings is 1. The van der Waals surface area contributed by atoms with Gasteiger partial charge in [0.05, 0.1) is 11.5 Å². The normalized spacial score (nSPS) is 29.3. The van der Waals surface area contributed by atoms with Crippen molar-refractivity contribution >= 4 is 15.9 Å². The minimum atomic E-state index is -2.98. The lowest BCUT2D eigenvalue weighted by Crippen LogP contribution is -2.48. The Morgan fingerprint density at radius 1 is 1.17 bits per heavy atom. The van der Waals surface area contributed by atoms with E-state index in [1.54, 1.807) is 0 Å². The van der Waals surface area contributed by atoms with Crippen LogP contribution >= 0.6 is 0 Å². The van der Waals surface area contributed by atoms with Gasteiger partial charge < -0.3 is 10.6 Å². The second kappa shape index (κ2) is 6.91. The third-order valence-corrected chi connectivity index (χ3v) is 6.68. The monoisotopic (exact) mass is 336 g/mol. The Morgan fingerprint density at radius 2 is 1.91 bits per heavy atom. The van der Waals surface area contributed by atoms with Crippen molar-refractivity contribution in [2.45, 2.75) is 37.6 Å². The quantitative estimate of drug-likeness (QED) is 0.884. The van der Waals surface area contributed by atoms with E-state index >= 15 is 0 Å². The van der Waals surface area contributed by atoms with Gasteiger partial charge in [-0.2, -0.15) is 0 Å². The van der Waals surface area contributed by atoms with Gasteiger partial charge in [-0.1, -0.05) is 30.3 Å². The molecule has 1 aliphatic carbocycles. The van der Waals surface area contributed by atoms with Crippen molar-refractivity contribution in [1.29, 1.82) is 0 Å². The van der Waals surface area contributed by atoms with Crippen molar-refractivity contribution in [3.8, 4) is 0 Å². The van der Waals surface area contributed by atoms with Crippen LogP contribution in [0.5, 0.6) is 0 Å². The van der Waals surface area contributed by atoms with Crippen LogP contribution in [0.25, 0.3) is 0 Å². The van der Waals surface area contributed by atoms with Crippen molar-refractivity contribution in [2.24, 2.45) is 5.92 Å². The highest BCUT2D eigenvalue weighted by molar-refractivity contribution is 7.91. The molecule has 3 rings (SSSR count). The molecule has 2 aliphatic rings. The fraction of sp³-hybridized carbons (Fsp3) is 0.588. The van der Waals surface area contributed by atoms with Crippen molar-refractivity contribution < 1.29 is 13.2 Å². The number of sulfone groups is 1. The van der Waals surface area contributed by atoms with Crippen molar-refractivity contribution in [3.63, 3.8) is 0 Å². The summed E-state index contributed by atoms with van der Waals surface area (Å²) in [5.74, 6) is 1.44. The second-order valence-electron chi connectivity index (χ2n) is 6.75. The standard InChI is InChI=1S/C17H24N2O3S/c20-17(19-16-7-4-8-23(21,22)12-16)18-11-13-9-15(10-13)14-5-2-1-3-6-14/h1-3,5-6,13,15-16H,4,7-12H2,(H2,18,19,20). The number of amides is 2. The van der Waals surface area contributed by atoms with Crippen LogP contribution in [0.4, 0.5) is 4.79 Å². The van der Waals surface area contributed by atoms with Gasteiger partial charge in [0.15, 0.2) is 9.84 Å². The molecule has 1 saturated heterocycles. The zero-order chi connectivity index (χ0) is 16.3. The number of urea groups is 1. The van der Waals surface area contributed by atoms with E-state index in [1.807, 2.05) is 6.07 Å². The van der Waals surface area contributed by atoms with E-state index in [-0.39, 0.29) is 23.6 Å². The summed E-state index contributed by atoms with van der Waals surface area (Å²) in [6.45, 7) is 0.661. The average molecular weight is 336 g/mol. The van der Waals surface area contributed by atoms with E-state index < -0.39 is 9.84 Å². The summed E-state index contributed by atoms with van der Waals surface area (Å²) in [5.41, 5.74) is 1.38. The van der Waals surface area contributed by atoms with Crippen LogP contribution in [-0.4, -0.2) is 38.5 Å². The van der Waals surface area contributed by atoms with Crippen molar-refractivity contribution in [3.05, 3.63) is 35.9 Å². The molecule has 1 heterocycles. The molecular formula is C17H24N2O3S. The molecule has 126 valence electrons. The Labute approximate surface area is 137 Å². The van der Waals surface area contributed by atoms with E-state index in [1.165, 1.54) is 5.56 Å². The highest BCUT2D eigenvalue weighted by Gasteiger charge is 2.31. The Kier molecular flexibility index (Phi) is 4.90. The molecule has 2 N–H and O–H groups in total. The molecule has 1 unspecified atom stereocenters. The summed E-state index contributed by atoms with van der Waals surface area (Å²) in [5, 5.41) is 5.68. The first-order valence-electron chi connectivity index (χ1n) is 8.31. The number of nitrogens with one attached hydrogen (secondary N) is 2. The fourth-order valence-electron chi connectivity index (χ4n) is 3.51. The molecule has 1 saturated carbocycles. The van der Waals surface area contributed by atoms with Gasteiger partial charge >= 0.3 is 6.03 Å². The highest BCUT2D eigenvalue weighted by atomic mass is 32.2. The summed E-state index contributed by atoms with van der Waals surface area (Å²) < 4.78 is 23.1. The zero-order valence-electron chi connectivity index (χ0n) is 13.2. The average Bonchev–Trinajstić information content (AvgIpc) is 2.45. The van der Waals surface area contributed by atoms with Crippen LogP contribution in [-0.2, 0) is 9.84 Å². The van der Waals surface area contributed by atoms with Crippen LogP contribution in [0.2, 0.25) is 0 Å². The molecule has 0 bridgehead atoms. The van der Waals surface area contributed by atoms with Gasteiger partial charge in [-0.15, -0.1) is 0 Å². The summed E-state index contributed by atoms with van der Waals surface area (Å²) >= 11 is 0. The third kappa shape index (κ3) is 4.47. The minimum Gasteiger partial charge on any atom is -0.338 e. The van der Waals surface area contributed by atoms with E-state index in [9.17, 15) is 13.2 Å². The molecular weight excluding hydrogens is 312 g/mol. The molecule has 2 fully saturated rings. The predicted molar refractivity (Wildman–Crippen MR) is 90.1 cm³/mol. The highest BCUT2D eigenvalue weighted by Crippen LogP contribution is 2.40. The van der Waals surface area contributed by atoms with Gasteiger partial charge in [-0.05, 0) is 43.1 Å². The van der Waals surface area contributed by atoms with Crippen LogP contribution in [0.1, 0.15) is 37.2 Å². The van der Waals surface area contributed by atoms with Gasteiger partial charge in [0.25, 0.3) is 0 Å². The molecule has 5 nitrogen and oxygen atoms in total. The summed E-state index contributed by atoms with van der Waals surface area (Å²) in [6.07, 6.45) is 3.57. The van der Waals surface area contributed by atoms with Gasteiger partial charge in [-0.3, -0.25) is 0 Å². The molecule has 23 heavy (non-hydrogen) atoms. The Bertz CT molecular complexity index is 639. The number of rotatable bonds is 4. The van der Waals surface area contributed by atoms with Crippen molar-refractivity contribution in [2.75, 3.05) is 18.1 Å². The molecule has 0 spiro atoms. The Hall–Kier alpha value is -1.56. The largest absolute Gasteiger partial charge is 0.338 e. The zero-order valence-corrected chi connectivity index (χ0v) is 14.0. The fourth-order valence-corrected chi connectivity index (χ4v) is 5.15. The Morgan fingerprint density at radius 3 is 2.61 bits per heavy atom. The first-order valence-corrected chi connectivity index (χ1v) is 10.1. The number of hydrogen-bond donors (Lipinski definition) is 2. The molecule has 0 radical (unpaired) electrons. The number of carbonyl (C=O) groups excluding carboxylic acids is 1. The van der Waals surface area contributed by atoms with Crippen LogP contribution in [0, 0.1) is 5.92 Å². The molecule has 1 atom stereocenters. The lowest BCUT2D eigenvalue weighted by molar-refractivity contribution is 0.221. The van der Waals surface area contributed by atoms with Gasteiger partial charge in [0.2, 0.25) is 0 Å². The summed E-state index contributed by atoms with van der Waals surface area (Å²) in [4.78, 5) is 11.9. The van der Waals surface area contributed by atoms with Crippen molar-refractivity contribution in [1.82, 2.24) is 10.6 Å². The maximum absolute atomic E-state index is 11.9. The number of hydrogen-bond acceptors (Lipinski definition) is 3. The maximum atomic E-state index is 11.9. The van der Waals surface area contributed by atoms with E-state index in [0.29, 0.717) is 24.8 Å². The second-order valence-corrected chi connectivity index (χ2v) is 8.98. The van der Waals surface area contributed by atoms with E-state index in [0.717, 1.165) is 19.3 Å². The first kappa shape index (κ1) is 16.3. The minimum absolute atomic E-state index is 0.0694. The molecule has 2 amide bonds. The molecule has 1 aromatic carbocycles. The van der Waals surface area contributed by atoms with E-state index in [2.05, 4.69) is 34.9 Å². The van der Waals surface area contributed by atoms with Crippen LogP contribution in [0.15, 0.2) is 30.3 Å². The van der Waals surface area contributed by atoms with Gasteiger partial charge in [0.1, 0.15) is 0 Å². The SMILES string of the molecule is O=C(NCC1CC(c2ccccc2)C1)NC1CCCS(=O)(=O)C1. The Balaban J connectivity index is 1.36. The van der Waals surface area contributed by atoms with Gasteiger partial charge in [0, 0.05) is 12.6 Å². The lowest BCUT2D eigenvalue weighted by Gasteiger charge is -2.36. The first-order chi connectivity index (χ1) is 11.0. The lowest BCUT2D eigenvalue weighted by atomic mass is 9.71. The molecule has 6 heteroatoms. The molecule has 0 aromatic heterocycles. The predicted octanol–water partition coefficient (Wildman–Crippen LogP) is 2.06. The smallest absolute Gasteiger partial charge is 0.315 e. The third-order valence-electron chi connectivity index (χ3n) is 4.86. The maximum Gasteiger partial charge on any atom is 0.315 e. The number of carbonyl (C=O) groups is 1. The van der Waals surface area contributed by atoms with E-state index in [4.69, 9.17) is 0 Å².